The lowest BCUT2D eigenvalue weighted by Gasteiger charge is -2.08. The summed E-state index contributed by atoms with van der Waals surface area (Å²) in [4.78, 5) is 4.07. The maximum Gasteiger partial charge on any atom is 0.193 e. The van der Waals surface area contributed by atoms with Gasteiger partial charge < -0.3 is 11.1 Å². The summed E-state index contributed by atoms with van der Waals surface area (Å²) in [5, 5.41) is 2.87. The molecule has 0 radical (unpaired) electrons. The third-order valence-electron chi connectivity index (χ3n) is 1.97. The Balaban J connectivity index is 2.75. The summed E-state index contributed by atoms with van der Waals surface area (Å²) in [6.45, 7) is 4.58. The van der Waals surface area contributed by atoms with Crippen molar-refractivity contribution in [1.82, 2.24) is 0 Å². The first-order valence-corrected chi connectivity index (χ1v) is 4.96. The summed E-state index contributed by atoms with van der Waals surface area (Å²) < 4.78 is 12.9. The van der Waals surface area contributed by atoms with E-state index in [1.807, 2.05) is 13.8 Å². The summed E-state index contributed by atoms with van der Waals surface area (Å²) in [6.07, 6.45) is 0.935. The fraction of sp³-hybridized carbons (Fsp3) is 0.364. The molecule has 1 aromatic rings. The zero-order chi connectivity index (χ0) is 11.3. The van der Waals surface area contributed by atoms with E-state index in [1.165, 1.54) is 12.1 Å². The Morgan fingerprint density at radius 3 is 2.93 bits per heavy atom. The molecule has 82 valence electrons. The fourth-order valence-electron chi connectivity index (χ4n) is 1.14. The molecule has 0 bridgehead atoms. The Morgan fingerprint density at radius 2 is 2.27 bits per heavy atom. The van der Waals surface area contributed by atoms with Gasteiger partial charge in [-0.2, -0.15) is 0 Å². The molecule has 0 unspecified atom stereocenters. The number of nitrogens with one attached hydrogen (secondary N) is 1. The van der Waals surface area contributed by atoms with Gasteiger partial charge in [-0.25, -0.2) is 4.39 Å². The number of guanidine groups is 1. The van der Waals surface area contributed by atoms with E-state index in [0.29, 0.717) is 18.2 Å². The highest BCUT2D eigenvalue weighted by atomic mass is 19.1. The van der Waals surface area contributed by atoms with Crippen LogP contribution in [0, 0.1) is 12.7 Å². The quantitative estimate of drug-likeness (QED) is 0.592. The SMILES string of the molecule is CCCN=C(N)Nc1cc(F)ccc1C. The normalized spacial score (nSPS) is 11.5. The van der Waals surface area contributed by atoms with E-state index < -0.39 is 0 Å². The van der Waals surface area contributed by atoms with Crippen LogP contribution in [0.15, 0.2) is 23.2 Å². The van der Waals surface area contributed by atoms with Crippen molar-refractivity contribution in [3.63, 3.8) is 0 Å². The van der Waals surface area contributed by atoms with E-state index in [1.54, 1.807) is 6.07 Å². The number of halogens is 1. The molecule has 0 saturated carbocycles. The van der Waals surface area contributed by atoms with Crippen molar-refractivity contribution >= 4 is 11.6 Å². The molecule has 0 aliphatic rings. The van der Waals surface area contributed by atoms with Crippen molar-refractivity contribution in [1.29, 1.82) is 0 Å². The summed E-state index contributed by atoms with van der Waals surface area (Å²) in [5.41, 5.74) is 7.22. The Kier molecular flexibility index (Phi) is 4.09. The number of aliphatic imine (C=N–C) groups is 1. The van der Waals surface area contributed by atoms with Gasteiger partial charge >= 0.3 is 0 Å². The largest absolute Gasteiger partial charge is 0.370 e. The monoisotopic (exact) mass is 209 g/mol. The average molecular weight is 209 g/mol. The van der Waals surface area contributed by atoms with Gasteiger partial charge in [0.15, 0.2) is 5.96 Å². The number of aryl methyl sites for hydroxylation is 1. The van der Waals surface area contributed by atoms with E-state index in [2.05, 4.69) is 10.3 Å². The molecule has 15 heavy (non-hydrogen) atoms. The molecule has 0 aromatic heterocycles. The molecule has 0 fully saturated rings. The van der Waals surface area contributed by atoms with Crippen LogP contribution in [0.25, 0.3) is 0 Å². The average Bonchev–Trinajstić information content (AvgIpc) is 2.20. The number of nitrogens with zero attached hydrogens (tertiary/aromatic N) is 1. The van der Waals surface area contributed by atoms with Crippen LogP contribution in [-0.2, 0) is 0 Å². The minimum Gasteiger partial charge on any atom is -0.370 e. The molecule has 0 atom stereocenters. The number of anilines is 1. The van der Waals surface area contributed by atoms with Gasteiger partial charge in [0.2, 0.25) is 0 Å². The lowest BCUT2D eigenvalue weighted by atomic mass is 10.2. The van der Waals surface area contributed by atoms with Crippen molar-refractivity contribution in [3.05, 3.63) is 29.6 Å². The highest BCUT2D eigenvalue weighted by Crippen LogP contribution is 2.15. The van der Waals surface area contributed by atoms with Crippen molar-refractivity contribution in [2.45, 2.75) is 20.3 Å². The van der Waals surface area contributed by atoms with Crippen molar-refractivity contribution in [3.8, 4) is 0 Å². The number of rotatable bonds is 3. The Bertz CT molecular complexity index is 361. The summed E-state index contributed by atoms with van der Waals surface area (Å²) in [5.74, 6) is 0.0388. The Hall–Kier alpha value is -1.58. The van der Waals surface area contributed by atoms with Gasteiger partial charge in [-0.15, -0.1) is 0 Å². The first-order valence-electron chi connectivity index (χ1n) is 4.96. The molecule has 3 nitrogen and oxygen atoms in total. The summed E-state index contributed by atoms with van der Waals surface area (Å²) in [6, 6.07) is 4.52. The Morgan fingerprint density at radius 1 is 1.53 bits per heavy atom. The molecule has 0 amide bonds. The number of benzene rings is 1. The molecule has 1 rings (SSSR count). The van der Waals surface area contributed by atoms with Crippen molar-refractivity contribution in [2.75, 3.05) is 11.9 Å². The van der Waals surface area contributed by atoms with E-state index in [0.717, 1.165) is 12.0 Å². The van der Waals surface area contributed by atoms with E-state index in [4.69, 9.17) is 5.73 Å². The van der Waals surface area contributed by atoms with Crippen LogP contribution in [0.1, 0.15) is 18.9 Å². The molecule has 0 spiro atoms. The van der Waals surface area contributed by atoms with Gasteiger partial charge in [-0.1, -0.05) is 13.0 Å². The van der Waals surface area contributed by atoms with E-state index in [-0.39, 0.29) is 5.82 Å². The van der Waals surface area contributed by atoms with Gasteiger partial charge in [-0.05, 0) is 31.0 Å². The van der Waals surface area contributed by atoms with E-state index in [9.17, 15) is 4.39 Å². The van der Waals surface area contributed by atoms with Crippen molar-refractivity contribution in [2.24, 2.45) is 10.7 Å². The first-order chi connectivity index (χ1) is 7.13. The predicted octanol–water partition coefficient (Wildman–Crippen LogP) is 2.27. The number of nitrogens with two attached hydrogens (primary N) is 1. The van der Waals surface area contributed by atoms with Crippen LogP contribution in [0.3, 0.4) is 0 Å². The molecule has 3 N–H and O–H groups in total. The molecule has 0 saturated heterocycles. The third-order valence-corrected chi connectivity index (χ3v) is 1.97. The van der Waals surface area contributed by atoms with Gasteiger partial charge in [0, 0.05) is 12.2 Å². The van der Waals surface area contributed by atoms with Crippen LogP contribution < -0.4 is 11.1 Å². The van der Waals surface area contributed by atoms with Crippen molar-refractivity contribution < 1.29 is 4.39 Å². The van der Waals surface area contributed by atoms with E-state index >= 15 is 0 Å². The third kappa shape index (κ3) is 3.58. The lowest BCUT2D eigenvalue weighted by molar-refractivity contribution is 0.628. The second kappa shape index (κ2) is 5.34. The van der Waals surface area contributed by atoms with Gasteiger partial charge in [0.25, 0.3) is 0 Å². The topological polar surface area (TPSA) is 50.4 Å². The lowest BCUT2D eigenvalue weighted by Crippen LogP contribution is -2.23. The van der Waals surface area contributed by atoms with Crippen LogP contribution in [0.4, 0.5) is 10.1 Å². The molecule has 0 heterocycles. The van der Waals surface area contributed by atoms with Gasteiger partial charge in [0.05, 0.1) is 0 Å². The predicted molar refractivity (Wildman–Crippen MR) is 61.5 cm³/mol. The summed E-state index contributed by atoms with van der Waals surface area (Å²) in [7, 11) is 0. The number of hydrogen-bond donors (Lipinski definition) is 2. The van der Waals surface area contributed by atoms with Crippen LogP contribution in [0.5, 0.6) is 0 Å². The smallest absolute Gasteiger partial charge is 0.193 e. The maximum absolute atomic E-state index is 12.9. The van der Waals surface area contributed by atoms with Crippen LogP contribution >= 0.6 is 0 Å². The zero-order valence-corrected chi connectivity index (χ0v) is 9.05. The zero-order valence-electron chi connectivity index (χ0n) is 9.05. The molecular formula is C11H16FN3. The fourth-order valence-corrected chi connectivity index (χ4v) is 1.14. The standard InChI is InChI=1S/C11H16FN3/c1-3-6-14-11(13)15-10-7-9(12)5-4-8(10)2/h4-5,7H,3,6H2,1-2H3,(H3,13,14,15). The first kappa shape index (κ1) is 11.5. The molecule has 1 aromatic carbocycles. The molecule has 4 heteroatoms. The second-order valence-electron chi connectivity index (χ2n) is 3.35. The maximum atomic E-state index is 12.9. The summed E-state index contributed by atoms with van der Waals surface area (Å²) >= 11 is 0. The van der Waals surface area contributed by atoms with Crippen LogP contribution in [-0.4, -0.2) is 12.5 Å². The Labute approximate surface area is 89.2 Å². The minimum absolute atomic E-state index is 0.286. The molecule has 0 aliphatic carbocycles. The van der Waals surface area contributed by atoms with Gasteiger partial charge in [-0.3, -0.25) is 4.99 Å². The number of hydrogen-bond acceptors (Lipinski definition) is 1. The molecular weight excluding hydrogens is 193 g/mol. The van der Waals surface area contributed by atoms with Crippen LogP contribution in [0.2, 0.25) is 0 Å². The second-order valence-corrected chi connectivity index (χ2v) is 3.35. The highest BCUT2D eigenvalue weighted by Gasteiger charge is 2.00. The highest BCUT2D eigenvalue weighted by molar-refractivity contribution is 5.92. The minimum atomic E-state index is -0.286. The molecule has 0 aliphatic heterocycles. The van der Waals surface area contributed by atoms with Gasteiger partial charge in [0.1, 0.15) is 5.82 Å².